The fraction of sp³-hybridized carbons (Fsp3) is 0.571. The van der Waals surface area contributed by atoms with E-state index < -0.39 is 35.8 Å². The van der Waals surface area contributed by atoms with Crippen LogP contribution in [0.4, 0.5) is 5.13 Å². The lowest BCUT2D eigenvalue weighted by Crippen LogP contribution is -2.40. The Morgan fingerprint density at radius 1 is 1.30 bits per heavy atom. The molecule has 1 aromatic heterocycles. The van der Waals surface area contributed by atoms with Crippen LogP contribution in [0.1, 0.15) is 28.2 Å². The van der Waals surface area contributed by atoms with Gasteiger partial charge in [0.2, 0.25) is 5.91 Å². The number of aromatic nitrogens is 1. The standard InChI is InChI=1S/C14H16N2O6S/c1-5-10(13(20)21-2)23-14(15-5)16-11(17)8-6-3-4-7(22-6)9(8)12(18)19/h6-9H,3-4H2,1-2H3,(H,18,19)(H,15,16,17)/t6-,7-,8-,9-/m1/s1. The summed E-state index contributed by atoms with van der Waals surface area (Å²) >= 11 is 1.00. The highest BCUT2D eigenvalue weighted by molar-refractivity contribution is 7.17. The van der Waals surface area contributed by atoms with E-state index in [0.717, 1.165) is 11.3 Å². The highest BCUT2D eigenvalue weighted by Crippen LogP contribution is 2.44. The molecular weight excluding hydrogens is 324 g/mol. The molecular formula is C14H16N2O6S. The molecule has 0 aromatic carbocycles. The first-order valence-electron chi connectivity index (χ1n) is 7.17. The second-order valence-corrected chi connectivity index (χ2v) is 6.59. The lowest BCUT2D eigenvalue weighted by molar-refractivity contribution is -0.147. The number of hydrogen-bond donors (Lipinski definition) is 2. The van der Waals surface area contributed by atoms with Crippen molar-refractivity contribution in [1.29, 1.82) is 0 Å². The van der Waals surface area contributed by atoms with Gasteiger partial charge in [-0.3, -0.25) is 9.59 Å². The molecule has 0 radical (unpaired) electrons. The highest BCUT2D eigenvalue weighted by Gasteiger charge is 2.55. The molecule has 9 heteroatoms. The molecule has 4 atom stereocenters. The van der Waals surface area contributed by atoms with Gasteiger partial charge in [0.05, 0.1) is 36.8 Å². The number of ether oxygens (including phenoxy) is 2. The molecule has 2 N–H and O–H groups in total. The Morgan fingerprint density at radius 2 is 1.96 bits per heavy atom. The number of anilines is 1. The van der Waals surface area contributed by atoms with Gasteiger partial charge in [-0.2, -0.15) is 0 Å². The van der Waals surface area contributed by atoms with Crippen molar-refractivity contribution >= 4 is 34.3 Å². The number of carbonyl (C=O) groups excluding carboxylic acids is 2. The molecule has 8 nitrogen and oxygen atoms in total. The number of amides is 1. The number of hydrogen-bond acceptors (Lipinski definition) is 7. The van der Waals surface area contributed by atoms with E-state index in [-0.39, 0.29) is 11.2 Å². The summed E-state index contributed by atoms with van der Waals surface area (Å²) in [7, 11) is 1.27. The topological polar surface area (TPSA) is 115 Å². The Morgan fingerprint density at radius 3 is 2.57 bits per heavy atom. The Balaban J connectivity index is 1.77. The molecule has 0 spiro atoms. The average Bonchev–Trinajstić information content (AvgIpc) is 3.19. The number of thiazole rings is 1. The van der Waals surface area contributed by atoms with Crippen molar-refractivity contribution in [3.63, 3.8) is 0 Å². The van der Waals surface area contributed by atoms with E-state index in [0.29, 0.717) is 23.4 Å². The maximum atomic E-state index is 12.5. The molecule has 2 saturated heterocycles. The normalized spacial score (nSPS) is 28.6. The van der Waals surface area contributed by atoms with Gasteiger partial charge < -0.3 is 19.9 Å². The summed E-state index contributed by atoms with van der Waals surface area (Å²) in [4.78, 5) is 39.9. The van der Waals surface area contributed by atoms with Gasteiger partial charge in [0.25, 0.3) is 0 Å². The van der Waals surface area contributed by atoms with Crippen LogP contribution in [0.25, 0.3) is 0 Å². The van der Waals surface area contributed by atoms with Crippen molar-refractivity contribution in [2.75, 3.05) is 12.4 Å². The fourth-order valence-corrected chi connectivity index (χ4v) is 4.13. The quantitative estimate of drug-likeness (QED) is 0.787. The van der Waals surface area contributed by atoms with Gasteiger partial charge in [-0.25, -0.2) is 9.78 Å². The van der Waals surface area contributed by atoms with Gasteiger partial charge in [-0.15, -0.1) is 0 Å². The lowest BCUT2D eigenvalue weighted by Gasteiger charge is -2.23. The predicted molar refractivity (Wildman–Crippen MR) is 79.3 cm³/mol. The monoisotopic (exact) mass is 340 g/mol. The number of aliphatic carboxylic acids is 1. The molecule has 0 aliphatic carbocycles. The maximum absolute atomic E-state index is 12.5. The molecule has 3 heterocycles. The Hall–Kier alpha value is -2.00. The number of carbonyl (C=O) groups is 3. The van der Waals surface area contributed by atoms with Crippen molar-refractivity contribution in [1.82, 2.24) is 4.98 Å². The fourth-order valence-electron chi connectivity index (χ4n) is 3.25. The summed E-state index contributed by atoms with van der Waals surface area (Å²) in [6.07, 6.45) is 0.560. The van der Waals surface area contributed by atoms with E-state index in [4.69, 9.17) is 4.74 Å². The van der Waals surface area contributed by atoms with Gasteiger partial charge in [0.15, 0.2) is 5.13 Å². The summed E-state index contributed by atoms with van der Waals surface area (Å²) in [5, 5.41) is 12.2. The van der Waals surface area contributed by atoms with Gasteiger partial charge in [-0.1, -0.05) is 11.3 Å². The first kappa shape index (κ1) is 15.9. The van der Waals surface area contributed by atoms with Crippen molar-refractivity contribution in [2.24, 2.45) is 11.8 Å². The van der Waals surface area contributed by atoms with Crippen LogP contribution in [0.2, 0.25) is 0 Å². The zero-order valence-corrected chi connectivity index (χ0v) is 13.4. The average molecular weight is 340 g/mol. The highest BCUT2D eigenvalue weighted by atomic mass is 32.1. The summed E-state index contributed by atoms with van der Waals surface area (Å²) in [6, 6.07) is 0. The first-order chi connectivity index (χ1) is 10.9. The number of rotatable bonds is 4. The van der Waals surface area contributed by atoms with Crippen LogP contribution in [0, 0.1) is 18.8 Å². The van der Waals surface area contributed by atoms with Crippen molar-refractivity contribution in [2.45, 2.75) is 32.0 Å². The summed E-state index contributed by atoms with van der Waals surface area (Å²) < 4.78 is 10.2. The van der Waals surface area contributed by atoms with E-state index >= 15 is 0 Å². The zero-order chi connectivity index (χ0) is 16.7. The lowest BCUT2D eigenvalue weighted by atomic mass is 9.79. The van der Waals surface area contributed by atoms with Crippen LogP contribution in [0.15, 0.2) is 0 Å². The predicted octanol–water partition coefficient (Wildman–Crippen LogP) is 1.05. The molecule has 2 aliphatic heterocycles. The van der Waals surface area contributed by atoms with E-state index in [2.05, 4.69) is 15.0 Å². The number of nitrogens with zero attached hydrogens (tertiary/aromatic N) is 1. The first-order valence-corrected chi connectivity index (χ1v) is 7.99. The zero-order valence-electron chi connectivity index (χ0n) is 12.6. The minimum Gasteiger partial charge on any atom is -0.481 e. The molecule has 124 valence electrons. The van der Waals surface area contributed by atoms with Crippen molar-refractivity contribution < 1.29 is 29.0 Å². The smallest absolute Gasteiger partial charge is 0.350 e. The van der Waals surface area contributed by atoms with E-state index in [1.54, 1.807) is 6.92 Å². The Bertz CT molecular complexity index is 672. The van der Waals surface area contributed by atoms with Crippen LogP contribution in [0.5, 0.6) is 0 Å². The number of esters is 1. The van der Waals surface area contributed by atoms with Crippen LogP contribution >= 0.6 is 11.3 Å². The van der Waals surface area contributed by atoms with E-state index in [1.807, 2.05) is 0 Å². The minimum absolute atomic E-state index is 0.250. The minimum atomic E-state index is -1.03. The number of aryl methyl sites for hydroxylation is 1. The number of carboxylic acids is 1. The van der Waals surface area contributed by atoms with Crippen LogP contribution in [0.3, 0.4) is 0 Å². The van der Waals surface area contributed by atoms with Gasteiger partial charge in [0.1, 0.15) is 4.88 Å². The SMILES string of the molecule is COC(=O)c1sc(NC(=O)[C@H]2[C@H](C(=O)O)[C@H]3CC[C@H]2O3)nc1C. The summed E-state index contributed by atoms with van der Waals surface area (Å²) in [5.41, 5.74) is 0.455. The van der Waals surface area contributed by atoms with Crippen LogP contribution in [-0.4, -0.2) is 47.3 Å². The molecule has 2 bridgehead atoms. The molecule has 23 heavy (non-hydrogen) atoms. The van der Waals surface area contributed by atoms with Gasteiger partial charge in [-0.05, 0) is 19.8 Å². The number of carboxylic acid groups (broad SMARTS) is 1. The van der Waals surface area contributed by atoms with Gasteiger partial charge in [0, 0.05) is 0 Å². The number of nitrogens with one attached hydrogen (secondary N) is 1. The number of fused-ring (bicyclic) bond motifs is 2. The summed E-state index contributed by atoms with van der Waals surface area (Å²) in [6.45, 7) is 1.64. The Labute approximate surface area is 135 Å². The van der Waals surface area contributed by atoms with Crippen LogP contribution < -0.4 is 5.32 Å². The molecule has 2 fully saturated rings. The maximum Gasteiger partial charge on any atom is 0.350 e. The van der Waals surface area contributed by atoms with E-state index in [1.165, 1.54) is 7.11 Å². The van der Waals surface area contributed by atoms with Gasteiger partial charge >= 0.3 is 11.9 Å². The molecule has 2 aliphatic rings. The molecule has 0 saturated carbocycles. The van der Waals surface area contributed by atoms with Crippen molar-refractivity contribution in [3.8, 4) is 0 Å². The third-order valence-electron chi connectivity index (χ3n) is 4.26. The largest absolute Gasteiger partial charge is 0.481 e. The molecule has 0 unspecified atom stereocenters. The molecule has 1 aromatic rings. The summed E-state index contributed by atoms with van der Waals surface area (Å²) in [5.74, 6) is -3.56. The third-order valence-corrected chi connectivity index (χ3v) is 5.31. The van der Waals surface area contributed by atoms with Crippen LogP contribution in [-0.2, 0) is 19.1 Å². The molecule has 3 rings (SSSR count). The van der Waals surface area contributed by atoms with Crippen molar-refractivity contribution in [3.05, 3.63) is 10.6 Å². The van der Waals surface area contributed by atoms with E-state index in [9.17, 15) is 19.5 Å². The second kappa shape index (κ2) is 5.89. The second-order valence-electron chi connectivity index (χ2n) is 5.59. The molecule has 1 amide bonds. The third kappa shape index (κ3) is 2.70. The Kier molecular flexibility index (Phi) is 4.07. The number of methoxy groups -OCH3 is 1.